The van der Waals surface area contributed by atoms with Crippen LogP contribution in [0.2, 0.25) is 0 Å². The molecule has 0 amide bonds. The molecule has 2 aromatic heterocycles. The van der Waals surface area contributed by atoms with Crippen molar-refractivity contribution >= 4 is 76.2 Å². The molecule has 0 fully saturated rings. The summed E-state index contributed by atoms with van der Waals surface area (Å²) < 4.78 is 17.7. The molecule has 0 spiro atoms. The van der Waals surface area contributed by atoms with Gasteiger partial charge in [0.25, 0.3) is 0 Å². The van der Waals surface area contributed by atoms with E-state index in [2.05, 4.69) is 121 Å². The van der Waals surface area contributed by atoms with Crippen LogP contribution in [0, 0.1) is 0 Å². The van der Waals surface area contributed by atoms with Crippen LogP contribution in [0.25, 0.3) is 75.4 Å². The fourth-order valence-corrected chi connectivity index (χ4v) is 11.8. The quantitative estimate of drug-likeness (QED) is 0.161. The predicted molar refractivity (Wildman–Crippen MR) is 228 cm³/mol. The average Bonchev–Trinajstić information content (AvgIpc) is 3.63. The third-order valence-corrected chi connectivity index (χ3v) is 14.6. The summed E-state index contributed by atoms with van der Waals surface area (Å²) in [6.45, 7) is 0. The maximum atomic E-state index is 15.2. The minimum absolute atomic E-state index is 0.819. The molecular formula is C49H32NOPS. The van der Waals surface area contributed by atoms with Gasteiger partial charge >= 0.3 is 0 Å². The Morgan fingerprint density at radius 2 is 1.00 bits per heavy atom. The highest BCUT2D eigenvalue weighted by Crippen LogP contribution is 2.47. The number of nitrogens with zero attached hydrogens (tertiary/aromatic N) is 1. The zero-order valence-electron chi connectivity index (χ0n) is 28.7. The number of hydrogen-bond acceptors (Lipinski definition) is 3. The molecule has 2 nitrogen and oxygen atoms in total. The summed E-state index contributed by atoms with van der Waals surface area (Å²) in [6, 6.07) is 67.1. The molecule has 10 rings (SSSR count). The largest absolute Gasteiger partial charge is 0.309 e. The summed E-state index contributed by atoms with van der Waals surface area (Å²) in [5.74, 6) is 0. The first-order valence-electron chi connectivity index (χ1n) is 17.8. The summed E-state index contributed by atoms with van der Waals surface area (Å²) in [5.41, 5.74) is 7.50. The van der Waals surface area contributed by atoms with Gasteiger partial charge in [-0.3, -0.25) is 0 Å². The number of benzene rings is 8. The van der Waals surface area contributed by atoms with Gasteiger partial charge < -0.3 is 4.57 Å². The first kappa shape index (κ1) is 31.6. The highest BCUT2D eigenvalue weighted by atomic mass is 32.1. The molecule has 0 N–H and O–H groups in total. The van der Waals surface area contributed by atoms with Gasteiger partial charge in [-0.2, -0.15) is 0 Å². The van der Waals surface area contributed by atoms with Gasteiger partial charge in [-0.05, 0) is 57.3 Å². The van der Waals surface area contributed by atoms with Gasteiger partial charge in [0.15, 0.2) is 7.14 Å². The summed E-state index contributed by atoms with van der Waals surface area (Å²) >= 11 is 1.82. The first-order chi connectivity index (χ1) is 26.2. The van der Waals surface area contributed by atoms with E-state index < -0.39 is 7.14 Å². The highest BCUT2D eigenvalue weighted by molar-refractivity contribution is 7.85. The summed E-state index contributed by atoms with van der Waals surface area (Å²) in [4.78, 5) is 5.46. The van der Waals surface area contributed by atoms with Crippen LogP contribution in [0.3, 0.4) is 0 Å². The van der Waals surface area contributed by atoms with Crippen LogP contribution in [0.4, 0.5) is 0 Å². The topological polar surface area (TPSA) is 30.0 Å². The van der Waals surface area contributed by atoms with E-state index in [0.717, 1.165) is 60.3 Å². The van der Waals surface area contributed by atoms with Crippen LogP contribution in [-0.2, 0) is 4.57 Å². The standard InChI is InChI=1S/C49H32NOPS/c51-52(37-20-3-1-4-21-37,38-22-5-2-6-23-38)39-24-12-18-35(32-39)34-17-11-19-36(31-34)41-27-14-29-44-46(41)47-43-26-9-10-30-45(43)53-49(47)48(50-44)42-28-13-16-33-15-7-8-25-40(33)42/h1-32H. The van der Waals surface area contributed by atoms with Gasteiger partial charge in [0.1, 0.15) is 0 Å². The average molecular weight is 714 g/mol. The van der Waals surface area contributed by atoms with Gasteiger partial charge in [-0.25, -0.2) is 4.98 Å². The van der Waals surface area contributed by atoms with Crippen LogP contribution >= 0.6 is 18.5 Å². The smallest absolute Gasteiger partial charge is 0.171 e. The second-order valence-corrected chi connectivity index (χ2v) is 17.2. The van der Waals surface area contributed by atoms with E-state index >= 15 is 4.57 Å². The van der Waals surface area contributed by atoms with Gasteiger partial charge in [-0.1, -0.05) is 170 Å². The van der Waals surface area contributed by atoms with Gasteiger partial charge in [0, 0.05) is 42.3 Å². The number of rotatable bonds is 6. The first-order valence-corrected chi connectivity index (χ1v) is 20.3. The second kappa shape index (κ2) is 12.8. The molecule has 0 aliphatic rings. The Morgan fingerprint density at radius 3 is 1.79 bits per heavy atom. The summed E-state index contributed by atoms with van der Waals surface area (Å²) in [6.07, 6.45) is 0. The molecule has 2 heterocycles. The highest BCUT2D eigenvalue weighted by Gasteiger charge is 2.30. The minimum atomic E-state index is -3.12. The fraction of sp³-hybridized carbons (Fsp3) is 0. The van der Waals surface area contributed by atoms with Crippen molar-refractivity contribution in [2.24, 2.45) is 0 Å². The van der Waals surface area contributed by atoms with Crippen LogP contribution in [0.1, 0.15) is 0 Å². The molecule has 0 unspecified atom stereocenters. The molecule has 0 bridgehead atoms. The molecule has 0 saturated heterocycles. The van der Waals surface area contributed by atoms with Crippen LogP contribution in [0.5, 0.6) is 0 Å². The Morgan fingerprint density at radius 1 is 0.434 bits per heavy atom. The summed E-state index contributed by atoms with van der Waals surface area (Å²) in [5, 5.41) is 8.54. The molecule has 8 aromatic carbocycles. The molecule has 0 radical (unpaired) electrons. The molecule has 0 atom stereocenters. The van der Waals surface area contributed by atoms with Crippen LogP contribution in [-0.4, -0.2) is 4.98 Å². The van der Waals surface area contributed by atoms with Crippen molar-refractivity contribution in [1.82, 2.24) is 4.98 Å². The lowest BCUT2D eigenvalue weighted by Gasteiger charge is -2.21. The lowest BCUT2D eigenvalue weighted by atomic mass is 9.93. The molecule has 0 aliphatic carbocycles. The number of aromatic nitrogens is 1. The van der Waals surface area contributed by atoms with Crippen molar-refractivity contribution in [2.45, 2.75) is 0 Å². The SMILES string of the molecule is O=P(c1ccccc1)(c1ccccc1)c1cccc(-c2cccc(-c3cccc4nc(-c5cccc6ccccc56)c5sc6ccccc6c5c34)c2)c1. The fourth-order valence-electron chi connectivity index (χ4n) is 7.85. The van der Waals surface area contributed by atoms with Crippen molar-refractivity contribution < 1.29 is 4.57 Å². The predicted octanol–water partition coefficient (Wildman–Crippen LogP) is 12.4. The lowest BCUT2D eigenvalue weighted by molar-refractivity contribution is 0.592. The number of fused-ring (bicyclic) bond motifs is 6. The molecule has 53 heavy (non-hydrogen) atoms. The Kier molecular flexibility index (Phi) is 7.65. The zero-order valence-corrected chi connectivity index (χ0v) is 30.4. The van der Waals surface area contributed by atoms with E-state index in [-0.39, 0.29) is 0 Å². The minimum Gasteiger partial charge on any atom is -0.309 e. The Hall–Kier alpha value is -6.12. The number of thiophene rings is 1. The Labute approximate surface area is 312 Å². The normalized spacial score (nSPS) is 11.8. The monoisotopic (exact) mass is 713 g/mol. The lowest BCUT2D eigenvalue weighted by Crippen LogP contribution is -2.25. The molecule has 4 heteroatoms. The van der Waals surface area contributed by atoms with E-state index in [1.807, 2.05) is 84.1 Å². The van der Waals surface area contributed by atoms with Crippen LogP contribution < -0.4 is 15.9 Å². The molecule has 10 aromatic rings. The molecule has 0 aliphatic heterocycles. The van der Waals surface area contributed by atoms with Gasteiger partial charge in [0.05, 0.1) is 15.9 Å². The Balaban J connectivity index is 1.17. The van der Waals surface area contributed by atoms with Gasteiger partial charge in [0.2, 0.25) is 0 Å². The molecule has 250 valence electrons. The second-order valence-electron chi connectivity index (χ2n) is 13.4. The number of hydrogen-bond donors (Lipinski definition) is 0. The third-order valence-electron chi connectivity index (χ3n) is 10.3. The van der Waals surface area contributed by atoms with E-state index in [4.69, 9.17) is 4.98 Å². The zero-order chi connectivity index (χ0) is 35.4. The van der Waals surface area contributed by atoms with E-state index in [1.165, 1.54) is 30.9 Å². The van der Waals surface area contributed by atoms with Crippen molar-refractivity contribution in [1.29, 1.82) is 0 Å². The van der Waals surface area contributed by atoms with E-state index in [0.29, 0.717) is 0 Å². The molecular weight excluding hydrogens is 682 g/mol. The molecule has 0 saturated carbocycles. The van der Waals surface area contributed by atoms with Crippen molar-refractivity contribution in [3.05, 3.63) is 194 Å². The van der Waals surface area contributed by atoms with Crippen LogP contribution in [0.15, 0.2) is 194 Å². The Bertz CT molecular complexity index is 2990. The van der Waals surface area contributed by atoms with Gasteiger partial charge in [-0.15, -0.1) is 11.3 Å². The third kappa shape index (κ3) is 5.24. The summed E-state index contributed by atoms with van der Waals surface area (Å²) in [7, 11) is -3.12. The number of pyridine rings is 1. The van der Waals surface area contributed by atoms with Crippen molar-refractivity contribution in [2.75, 3.05) is 0 Å². The van der Waals surface area contributed by atoms with Crippen molar-refractivity contribution in [3.8, 4) is 33.5 Å². The van der Waals surface area contributed by atoms with E-state index in [9.17, 15) is 0 Å². The maximum Gasteiger partial charge on any atom is 0.171 e. The van der Waals surface area contributed by atoms with E-state index in [1.54, 1.807) is 0 Å². The maximum absolute atomic E-state index is 15.2. The van der Waals surface area contributed by atoms with Crippen molar-refractivity contribution in [3.63, 3.8) is 0 Å².